The van der Waals surface area contributed by atoms with Crippen molar-refractivity contribution in [3.05, 3.63) is 11.4 Å². The first kappa shape index (κ1) is 17.0. The Kier molecular flexibility index (Phi) is 4.78. The van der Waals surface area contributed by atoms with Crippen LogP contribution in [0.5, 0.6) is 0 Å². The van der Waals surface area contributed by atoms with Crippen molar-refractivity contribution in [3.8, 4) is 0 Å². The Morgan fingerprint density at radius 2 is 2.04 bits per heavy atom. The maximum absolute atomic E-state index is 12.7. The number of ether oxygens (including phenoxy) is 2. The van der Waals surface area contributed by atoms with E-state index in [2.05, 4.69) is 15.2 Å². The molecule has 0 bridgehead atoms. The number of amides is 1. The molecule has 0 atom stereocenters. The highest BCUT2D eigenvalue weighted by atomic mass is 16.5. The van der Waals surface area contributed by atoms with Gasteiger partial charge in [-0.15, -0.1) is 5.10 Å². The average molecular weight is 348 g/mol. The van der Waals surface area contributed by atoms with Crippen LogP contribution in [0.15, 0.2) is 0 Å². The molecule has 1 aromatic rings. The highest BCUT2D eigenvalue weighted by Crippen LogP contribution is 2.35. The number of nitrogens with zero attached hydrogens (tertiary/aromatic N) is 4. The van der Waals surface area contributed by atoms with Crippen LogP contribution < -0.4 is 0 Å². The number of fused-ring (bicyclic) bond motifs is 1. The predicted octanol–water partition coefficient (Wildman–Crippen LogP) is 1.90. The molecule has 2 fully saturated rings. The summed E-state index contributed by atoms with van der Waals surface area (Å²) in [6.07, 6.45) is 7.59. The highest BCUT2D eigenvalue weighted by Gasteiger charge is 2.42. The highest BCUT2D eigenvalue weighted by molar-refractivity contribution is 5.79. The second-order valence-electron chi connectivity index (χ2n) is 7.71. The molecule has 7 heteroatoms. The lowest BCUT2D eigenvalue weighted by molar-refractivity contribution is -0.150. The minimum Gasteiger partial charge on any atom is -0.378 e. The van der Waals surface area contributed by atoms with Gasteiger partial charge >= 0.3 is 0 Å². The number of rotatable bonds is 3. The molecule has 25 heavy (non-hydrogen) atoms. The molecule has 0 unspecified atom stereocenters. The van der Waals surface area contributed by atoms with Gasteiger partial charge in [-0.25, -0.2) is 4.68 Å². The van der Waals surface area contributed by atoms with E-state index in [9.17, 15) is 4.79 Å². The summed E-state index contributed by atoms with van der Waals surface area (Å²) in [4.78, 5) is 14.8. The van der Waals surface area contributed by atoms with Crippen LogP contribution in [0.1, 0.15) is 56.3 Å². The fourth-order valence-electron chi connectivity index (χ4n) is 4.49. The van der Waals surface area contributed by atoms with Gasteiger partial charge in [0.25, 0.3) is 0 Å². The normalized spacial score (nSPS) is 23.6. The first-order valence-corrected chi connectivity index (χ1v) is 9.54. The number of carbonyl (C=O) groups excluding carboxylic acids is 1. The van der Waals surface area contributed by atoms with Gasteiger partial charge in [0.15, 0.2) is 0 Å². The van der Waals surface area contributed by atoms with Crippen molar-refractivity contribution < 1.29 is 14.3 Å². The van der Waals surface area contributed by atoms with Gasteiger partial charge in [-0.2, -0.15) is 0 Å². The molecule has 0 aromatic carbocycles. The molecule has 1 aromatic heterocycles. The van der Waals surface area contributed by atoms with Gasteiger partial charge in [0.05, 0.1) is 31.1 Å². The van der Waals surface area contributed by atoms with E-state index in [1.807, 2.05) is 4.68 Å². The molecule has 7 nitrogen and oxygen atoms in total. The van der Waals surface area contributed by atoms with Crippen LogP contribution in [0.2, 0.25) is 0 Å². The van der Waals surface area contributed by atoms with Crippen molar-refractivity contribution in [2.75, 3.05) is 20.2 Å². The van der Waals surface area contributed by atoms with Gasteiger partial charge in [0.2, 0.25) is 5.91 Å². The fourth-order valence-corrected chi connectivity index (χ4v) is 4.49. The van der Waals surface area contributed by atoms with Crippen LogP contribution in [0.25, 0.3) is 0 Å². The Bertz CT molecular complexity index is 616. The third-order valence-electron chi connectivity index (χ3n) is 6.09. The third kappa shape index (κ3) is 3.31. The first-order valence-electron chi connectivity index (χ1n) is 9.54. The maximum Gasteiger partial charge on any atom is 0.225 e. The van der Waals surface area contributed by atoms with Crippen molar-refractivity contribution >= 4 is 5.91 Å². The quantitative estimate of drug-likeness (QED) is 0.834. The van der Waals surface area contributed by atoms with Crippen molar-refractivity contribution in [2.24, 2.45) is 5.92 Å². The number of hydrogen-bond donors (Lipinski definition) is 0. The Balaban J connectivity index is 1.37. The average Bonchev–Trinajstić information content (AvgIpc) is 3.05. The van der Waals surface area contributed by atoms with E-state index in [1.165, 1.54) is 19.3 Å². The summed E-state index contributed by atoms with van der Waals surface area (Å²) in [5.41, 5.74) is 1.68. The first-order chi connectivity index (χ1) is 12.2. The lowest BCUT2D eigenvalue weighted by Gasteiger charge is -2.44. The van der Waals surface area contributed by atoms with Gasteiger partial charge in [-0.1, -0.05) is 24.5 Å². The molecule has 1 aliphatic carbocycles. The van der Waals surface area contributed by atoms with E-state index in [0.29, 0.717) is 19.1 Å². The third-order valence-corrected chi connectivity index (χ3v) is 6.09. The molecule has 0 radical (unpaired) electrons. The van der Waals surface area contributed by atoms with Crippen molar-refractivity contribution in [1.82, 2.24) is 19.9 Å². The summed E-state index contributed by atoms with van der Waals surface area (Å²) >= 11 is 0. The van der Waals surface area contributed by atoms with E-state index in [-0.39, 0.29) is 11.5 Å². The van der Waals surface area contributed by atoms with E-state index >= 15 is 0 Å². The maximum atomic E-state index is 12.7. The minimum atomic E-state index is -0.200. The zero-order chi connectivity index (χ0) is 17.3. The lowest BCUT2D eigenvalue weighted by Crippen LogP contribution is -2.53. The second-order valence-corrected chi connectivity index (χ2v) is 7.71. The van der Waals surface area contributed by atoms with Crippen LogP contribution in [0.3, 0.4) is 0 Å². The second kappa shape index (κ2) is 7.03. The number of piperidine rings is 1. The molecule has 3 aliphatic rings. The number of aromatic nitrogens is 3. The number of carbonyl (C=O) groups is 1. The molecule has 138 valence electrons. The monoisotopic (exact) mass is 348 g/mol. The van der Waals surface area contributed by atoms with Gasteiger partial charge in [-0.3, -0.25) is 4.79 Å². The van der Waals surface area contributed by atoms with Crippen molar-refractivity contribution in [3.63, 3.8) is 0 Å². The molecule has 1 amide bonds. The van der Waals surface area contributed by atoms with Gasteiger partial charge in [0.1, 0.15) is 5.69 Å². The van der Waals surface area contributed by atoms with Gasteiger partial charge in [-0.05, 0) is 25.7 Å². The Hall–Kier alpha value is -1.47. The number of hydrogen-bond acceptors (Lipinski definition) is 5. The summed E-state index contributed by atoms with van der Waals surface area (Å²) in [6, 6.07) is 0. The fraction of sp³-hybridized carbons (Fsp3) is 0.833. The standard InChI is InChI=1S/C18H28N4O3/c1-24-11-15-16-12-25-18(13-22(16)20-19-15)7-9-21(10-8-18)17(23)14-5-3-2-4-6-14/h14H,2-13H2,1H3. The molecular weight excluding hydrogens is 320 g/mol. The van der Waals surface area contributed by atoms with Crippen molar-refractivity contribution in [2.45, 2.75) is 70.3 Å². The Labute approximate surface area is 148 Å². The Morgan fingerprint density at radius 3 is 2.76 bits per heavy atom. The molecular formula is C18H28N4O3. The minimum absolute atomic E-state index is 0.200. The molecule has 1 saturated carbocycles. The van der Waals surface area contributed by atoms with Crippen LogP contribution in [-0.4, -0.2) is 51.6 Å². The largest absolute Gasteiger partial charge is 0.378 e. The molecule has 4 rings (SSSR count). The van der Waals surface area contributed by atoms with Crippen LogP contribution in [0.4, 0.5) is 0 Å². The Morgan fingerprint density at radius 1 is 1.28 bits per heavy atom. The summed E-state index contributed by atoms with van der Waals surface area (Å²) < 4.78 is 13.4. The molecule has 1 saturated heterocycles. The number of likely N-dealkylation sites (tertiary alicyclic amines) is 1. The summed E-state index contributed by atoms with van der Waals surface area (Å²) in [7, 11) is 1.66. The number of methoxy groups -OCH3 is 1. The topological polar surface area (TPSA) is 69.5 Å². The summed E-state index contributed by atoms with van der Waals surface area (Å²) in [5, 5.41) is 8.49. The smallest absolute Gasteiger partial charge is 0.225 e. The van der Waals surface area contributed by atoms with Crippen molar-refractivity contribution in [1.29, 1.82) is 0 Å². The van der Waals surface area contributed by atoms with E-state index in [4.69, 9.17) is 9.47 Å². The lowest BCUT2D eigenvalue weighted by atomic mass is 9.86. The van der Waals surface area contributed by atoms with Crippen LogP contribution in [0, 0.1) is 5.92 Å². The molecule has 1 spiro atoms. The molecule has 3 heterocycles. The summed E-state index contributed by atoms with van der Waals surface area (Å²) in [5.74, 6) is 0.628. The molecule has 0 N–H and O–H groups in total. The van der Waals surface area contributed by atoms with E-state index in [1.54, 1.807) is 7.11 Å². The van der Waals surface area contributed by atoms with Gasteiger partial charge < -0.3 is 14.4 Å². The zero-order valence-corrected chi connectivity index (χ0v) is 15.1. The summed E-state index contributed by atoms with van der Waals surface area (Å²) in [6.45, 7) is 3.32. The van der Waals surface area contributed by atoms with Crippen LogP contribution in [-0.2, 0) is 34.0 Å². The zero-order valence-electron chi connectivity index (χ0n) is 15.1. The van der Waals surface area contributed by atoms with E-state index in [0.717, 1.165) is 56.7 Å². The van der Waals surface area contributed by atoms with Crippen LogP contribution >= 0.6 is 0 Å². The predicted molar refractivity (Wildman–Crippen MR) is 90.6 cm³/mol. The van der Waals surface area contributed by atoms with Gasteiger partial charge in [0, 0.05) is 26.1 Å². The van der Waals surface area contributed by atoms with E-state index < -0.39 is 0 Å². The SMILES string of the molecule is COCc1nnn2c1COC1(CCN(C(=O)C3CCCCC3)CC1)C2. The molecule has 2 aliphatic heterocycles.